The fourth-order valence-corrected chi connectivity index (χ4v) is 1.20. The van der Waals surface area contributed by atoms with Gasteiger partial charge in [0, 0.05) is 6.04 Å². The van der Waals surface area contributed by atoms with Gasteiger partial charge in [-0.2, -0.15) is 0 Å². The van der Waals surface area contributed by atoms with E-state index in [0.717, 1.165) is 5.92 Å². The fraction of sp³-hybridized carbons (Fsp3) is 1.00. The molecular formula is C10H23N. The average molecular weight is 157 g/mol. The van der Waals surface area contributed by atoms with Gasteiger partial charge in [0.25, 0.3) is 0 Å². The quantitative estimate of drug-likeness (QED) is 0.652. The summed E-state index contributed by atoms with van der Waals surface area (Å²) in [6, 6.07) is 0.412. The van der Waals surface area contributed by atoms with Crippen molar-refractivity contribution in [2.75, 3.05) is 0 Å². The highest BCUT2D eigenvalue weighted by molar-refractivity contribution is 4.71. The van der Waals surface area contributed by atoms with Crippen LogP contribution < -0.4 is 5.73 Å². The average Bonchev–Trinajstić information content (AvgIpc) is 1.98. The second-order valence-corrected chi connectivity index (χ2v) is 3.91. The number of rotatable bonds is 5. The van der Waals surface area contributed by atoms with Crippen molar-refractivity contribution in [1.82, 2.24) is 0 Å². The molecule has 0 aliphatic rings. The van der Waals surface area contributed by atoms with E-state index in [4.69, 9.17) is 5.73 Å². The molecule has 11 heavy (non-hydrogen) atoms. The maximum Gasteiger partial charge on any atom is 0.00669 e. The lowest BCUT2D eigenvalue weighted by molar-refractivity contribution is 0.328. The van der Waals surface area contributed by atoms with Crippen LogP contribution in [0, 0.1) is 11.8 Å². The van der Waals surface area contributed by atoms with Gasteiger partial charge in [-0.15, -0.1) is 0 Å². The Hall–Kier alpha value is -0.0400. The van der Waals surface area contributed by atoms with Gasteiger partial charge in [0.15, 0.2) is 0 Å². The molecule has 0 heterocycles. The first-order chi connectivity index (χ1) is 5.09. The maximum absolute atomic E-state index is 6.00. The minimum atomic E-state index is 0.412. The van der Waals surface area contributed by atoms with E-state index < -0.39 is 0 Å². The third kappa shape index (κ3) is 4.41. The topological polar surface area (TPSA) is 26.0 Å². The Bertz CT molecular complexity index is 88.9. The minimum absolute atomic E-state index is 0.412. The number of unbranched alkanes of at least 4 members (excludes halogenated alkanes) is 1. The van der Waals surface area contributed by atoms with Crippen molar-refractivity contribution in [3.63, 3.8) is 0 Å². The predicted octanol–water partition coefficient (Wildman–Crippen LogP) is 2.80. The summed E-state index contributed by atoms with van der Waals surface area (Å²) in [6.45, 7) is 8.96. The lowest BCUT2D eigenvalue weighted by Gasteiger charge is -2.22. The van der Waals surface area contributed by atoms with Gasteiger partial charge in [0.1, 0.15) is 0 Å². The molecule has 0 aliphatic heterocycles. The highest BCUT2D eigenvalue weighted by atomic mass is 14.6. The largest absolute Gasteiger partial charge is 0.327 e. The van der Waals surface area contributed by atoms with Crippen LogP contribution in [0.25, 0.3) is 0 Å². The molecular weight excluding hydrogens is 134 g/mol. The van der Waals surface area contributed by atoms with Crippen LogP contribution in [0.3, 0.4) is 0 Å². The molecule has 0 bridgehead atoms. The molecule has 0 spiro atoms. The smallest absolute Gasteiger partial charge is 0.00669 e. The molecule has 1 heteroatoms. The molecule has 0 aliphatic carbocycles. The standard InChI is InChI=1S/C10H23N/c1-5-6-7-10(11)9(4)8(2)3/h8-10H,5-7,11H2,1-4H3. The lowest BCUT2D eigenvalue weighted by atomic mass is 9.88. The van der Waals surface area contributed by atoms with Crippen LogP contribution in [0.1, 0.15) is 47.0 Å². The number of hydrogen-bond acceptors (Lipinski definition) is 1. The van der Waals surface area contributed by atoms with Crippen LogP contribution >= 0.6 is 0 Å². The summed E-state index contributed by atoms with van der Waals surface area (Å²) >= 11 is 0. The molecule has 2 N–H and O–H groups in total. The van der Waals surface area contributed by atoms with Gasteiger partial charge in [0.05, 0.1) is 0 Å². The summed E-state index contributed by atoms with van der Waals surface area (Å²) in [7, 11) is 0. The third-order valence-electron chi connectivity index (χ3n) is 2.62. The van der Waals surface area contributed by atoms with E-state index in [2.05, 4.69) is 27.7 Å². The molecule has 0 fully saturated rings. The zero-order chi connectivity index (χ0) is 8.85. The molecule has 0 saturated carbocycles. The zero-order valence-corrected chi connectivity index (χ0v) is 8.43. The molecule has 68 valence electrons. The van der Waals surface area contributed by atoms with E-state index in [0.29, 0.717) is 12.0 Å². The highest BCUT2D eigenvalue weighted by Gasteiger charge is 2.14. The zero-order valence-electron chi connectivity index (χ0n) is 8.43. The molecule has 0 aromatic heterocycles. The third-order valence-corrected chi connectivity index (χ3v) is 2.62. The van der Waals surface area contributed by atoms with Crippen molar-refractivity contribution in [3.05, 3.63) is 0 Å². The summed E-state index contributed by atoms with van der Waals surface area (Å²) in [4.78, 5) is 0. The van der Waals surface area contributed by atoms with Crippen LogP contribution in [0.2, 0.25) is 0 Å². The van der Waals surface area contributed by atoms with Crippen molar-refractivity contribution in [1.29, 1.82) is 0 Å². The summed E-state index contributed by atoms with van der Waals surface area (Å²) < 4.78 is 0. The summed E-state index contributed by atoms with van der Waals surface area (Å²) in [5, 5.41) is 0. The fourth-order valence-electron chi connectivity index (χ4n) is 1.20. The van der Waals surface area contributed by atoms with Gasteiger partial charge >= 0.3 is 0 Å². The van der Waals surface area contributed by atoms with Gasteiger partial charge in [-0.25, -0.2) is 0 Å². The van der Waals surface area contributed by atoms with E-state index in [9.17, 15) is 0 Å². The van der Waals surface area contributed by atoms with E-state index in [1.165, 1.54) is 19.3 Å². The van der Waals surface area contributed by atoms with E-state index >= 15 is 0 Å². The second-order valence-electron chi connectivity index (χ2n) is 3.91. The van der Waals surface area contributed by atoms with Crippen LogP contribution in [0.5, 0.6) is 0 Å². The first-order valence-electron chi connectivity index (χ1n) is 4.85. The van der Waals surface area contributed by atoms with Gasteiger partial charge in [-0.3, -0.25) is 0 Å². The Kier molecular flexibility index (Phi) is 5.57. The van der Waals surface area contributed by atoms with E-state index in [1.54, 1.807) is 0 Å². The van der Waals surface area contributed by atoms with Gasteiger partial charge in [-0.05, 0) is 18.3 Å². The normalized spacial score (nSPS) is 16.9. The Morgan fingerprint density at radius 2 is 1.73 bits per heavy atom. The molecule has 1 nitrogen and oxygen atoms in total. The molecule has 0 aromatic carbocycles. The first kappa shape index (κ1) is 11.0. The SMILES string of the molecule is CCCCC(N)C(C)C(C)C. The van der Waals surface area contributed by atoms with Crippen molar-refractivity contribution in [3.8, 4) is 0 Å². The van der Waals surface area contributed by atoms with Gasteiger partial charge in [-0.1, -0.05) is 40.5 Å². The number of hydrogen-bond donors (Lipinski definition) is 1. The summed E-state index contributed by atoms with van der Waals surface area (Å²) in [5.41, 5.74) is 6.00. The number of nitrogens with two attached hydrogens (primary N) is 1. The molecule has 0 radical (unpaired) electrons. The summed E-state index contributed by atoms with van der Waals surface area (Å²) in [6.07, 6.45) is 3.73. The Morgan fingerprint density at radius 3 is 2.09 bits per heavy atom. The van der Waals surface area contributed by atoms with Crippen LogP contribution in [-0.4, -0.2) is 6.04 Å². The minimum Gasteiger partial charge on any atom is -0.327 e. The predicted molar refractivity (Wildman–Crippen MR) is 51.5 cm³/mol. The molecule has 2 atom stereocenters. The van der Waals surface area contributed by atoms with Crippen molar-refractivity contribution in [2.24, 2.45) is 17.6 Å². The molecule has 0 saturated heterocycles. The van der Waals surface area contributed by atoms with Gasteiger partial charge in [0.2, 0.25) is 0 Å². The Morgan fingerprint density at radius 1 is 1.18 bits per heavy atom. The van der Waals surface area contributed by atoms with Crippen molar-refractivity contribution >= 4 is 0 Å². The molecule has 0 rings (SSSR count). The lowest BCUT2D eigenvalue weighted by Crippen LogP contribution is -2.31. The first-order valence-corrected chi connectivity index (χ1v) is 4.85. The van der Waals surface area contributed by atoms with E-state index in [-0.39, 0.29) is 0 Å². The maximum atomic E-state index is 6.00. The van der Waals surface area contributed by atoms with Crippen LogP contribution in [-0.2, 0) is 0 Å². The van der Waals surface area contributed by atoms with E-state index in [1.807, 2.05) is 0 Å². The molecule has 0 aromatic rings. The second kappa shape index (κ2) is 5.59. The highest BCUT2D eigenvalue weighted by Crippen LogP contribution is 2.16. The Labute approximate surface area is 71.4 Å². The van der Waals surface area contributed by atoms with Crippen molar-refractivity contribution in [2.45, 2.75) is 53.0 Å². The van der Waals surface area contributed by atoms with Crippen molar-refractivity contribution < 1.29 is 0 Å². The molecule has 2 unspecified atom stereocenters. The summed E-state index contributed by atoms with van der Waals surface area (Å²) in [5.74, 6) is 1.39. The monoisotopic (exact) mass is 157 g/mol. The van der Waals surface area contributed by atoms with Crippen LogP contribution in [0.4, 0.5) is 0 Å². The van der Waals surface area contributed by atoms with Gasteiger partial charge < -0.3 is 5.73 Å². The Balaban J connectivity index is 3.55. The van der Waals surface area contributed by atoms with Crippen LogP contribution in [0.15, 0.2) is 0 Å². The molecule has 0 amide bonds.